The van der Waals surface area contributed by atoms with Crippen LogP contribution in [-0.4, -0.2) is 45.1 Å². The number of para-hydroxylation sites is 2. The highest BCUT2D eigenvalue weighted by Gasteiger charge is 2.62. The first kappa shape index (κ1) is 16.6. The first-order chi connectivity index (χ1) is 14.1. The molecule has 2 fully saturated rings. The molecule has 4 heterocycles. The fourth-order valence-corrected chi connectivity index (χ4v) is 5.16. The summed E-state index contributed by atoms with van der Waals surface area (Å²) in [7, 11) is 0. The molecule has 3 aromatic rings. The Hall–Kier alpha value is -3.32. The summed E-state index contributed by atoms with van der Waals surface area (Å²) in [6.45, 7) is 0. The summed E-state index contributed by atoms with van der Waals surface area (Å²) in [6.07, 6.45) is 1.85. The topological polar surface area (TPSA) is 97.5 Å². The predicted molar refractivity (Wildman–Crippen MR) is 107 cm³/mol. The number of H-pyrrole nitrogens is 1. The third kappa shape index (κ3) is 2.16. The third-order valence-corrected chi connectivity index (χ3v) is 6.53. The minimum absolute atomic E-state index is 0.166. The minimum Gasteiger partial charge on any atom is -0.381 e. The van der Waals surface area contributed by atoms with Crippen LogP contribution in [0.25, 0.3) is 10.9 Å². The molecule has 0 radical (unpaired) electrons. The van der Waals surface area contributed by atoms with Crippen LogP contribution in [0.5, 0.6) is 0 Å². The van der Waals surface area contributed by atoms with Crippen molar-refractivity contribution in [2.24, 2.45) is 0 Å². The van der Waals surface area contributed by atoms with Crippen molar-refractivity contribution < 1.29 is 14.7 Å². The van der Waals surface area contributed by atoms with E-state index in [9.17, 15) is 14.7 Å². The van der Waals surface area contributed by atoms with E-state index < -0.39 is 23.9 Å². The Kier molecular flexibility index (Phi) is 3.21. The lowest BCUT2D eigenvalue weighted by Gasteiger charge is -2.37. The molecular formula is C22H20N4O3. The van der Waals surface area contributed by atoms with Crippen LogP contribution in [0.4, 0.5) is 5.69 Å². The van der Waals surface area contributed by atoms with E-state index in [2.05, 4.69) is 15.6 Å². The van der Waals surface area contributed by atoms with Crippen LogP contribution in [0.15, 0.2) is 54.7 Å². The fraction of sp³-hybridized carbons (Fsp3) is 0.273. The molecule has 4 unspecified atom stereocenters. The van der Waals surface area contributed by atoms with Crippen molar-refractivity contribution in [1.82, 2.24) is 15.2 Å². The molecule has 2 saturated heterocycles. The number of carbonyl (C=O) groups is 2. The molecule has 4 atom stereocenters. The van der Waals surface area contributed by atoms with Crippen molar-refractivity contribution >= 4 is 28.4 Å². The number of hydrogen-bond acceptors (Lipinski definition) is 4. The summed E-state index contributed by atoms with van der Waals surface area (Å²) < 4.78 is 0. The maximum Gasteiger partial charge on any atom is 0.247 e. The number of anilines is 1. The highest BCUT2D eigenvalue weighted by molar-refractivity contribution is 5.99. The Morgan fingerprint density at radius 3 is 2.76 bits per heavy atom. The van der Waals surface area contributed by atoms with Crippen molar-refractivity contribution in [1.29, 1.82) is 0 Å². The predicted octanol–water partition coefficient (Wildman–Crippen LogP) is 1.45. The third-order valence-electron chi connectivity index (χ3n) is 6.53. The first-order valence-electron chi connectivity index (χ1n) is 9.82. The Bertz CT molecular complexity index is 1170. The van der Waals surface area contributed by atoms with Crippen LogP contribution in [0, 0.1) is 0 Å². The largest absolute Gasteiger partial charge is 0.381 e. The van der Waals surface area contributed by atoms with Gasteiger partial charge in [0.2, 0.25) is 11.8 Å². The van der Waals surface area contributed by atoms with Crippen LogP contribution < -0.4 is 10.6 Å². The van der Waals surface area contributed by atoms with E-state index in [1.807, 2.05) is 54.7 Å². The van der Waals surface area contributed by atoms with E-state index in [0.717, 1.165) is 27.7 Å². The number of nitrogens with zero attached hydrogens (tertiary/aromatic N) is 1. The molecule has 1 aromatic heterocycles. The number of benzene rings is 2. The van der Waals surface area contributed by atoms with Gasteiger partial charge >= 0.3 is 0 Å². The number of aliphatic hydroxyl groups is 1. The van der Waals surface area contributed by atoms with E-state index in [-0.39, 0.29) is 18.2 Å². The van der Waals surface area contributed by atoms with Crippen LogP contribution in [0.3, 0.4) is 0 Å². The Labute approximate surface area is 166 Å². The molecule has 3 aliphatic heterocycles. The summed E-state index contributed by atoms with van der Waals surface area (Å²) in [6, 6.07) is 14.1. The zero-order chi connectivity index (χ0) is 19.8. The van der Waals surface area contributed by atoms with Gasteiger partial charge in [-0.15, -0.1) is 0 Å². The smallest absolute Gasteiger partial charge is 0.247 e. The number of fused-ring (bicyclic) bond motifs is 6. The van der Waals surface area contributed by atoms with Gasteiger partial charge in [0.25, 0.3) is 0 Å². The average molecular weight is 388 g/mol. The molecule has 3 aliphatic rings. The van der Waals surface area contributed by atoms with Gasteiger partial charge in [-0.1, -0.05) is 36.4 Å². The van der Waals surface area contributed by atoms with Crippen molar-refractivity contribution in [2.75, 3.05) is 5.32 Å². The molecule has 4 N–H and O–H groups in total. The number of rotatable bonds is 2. The fourth-order valence-electron chi connectivity index (χ4n) is 5.16. The van der Waals surface area contributed by atoms with E-state index in [0.29, 0.717) is 6.42 Å². The van der Waals surface area contributed by atoms with Crippen molar-refractivity contribution in [3.05, 3.63) is 65.9 Å². The zero-order valence-corrected chi connectivity index (χ0v) is 15.6. The van der Waals surface area contributed by atoms with Crippen LogP contribution in [0.2, 0.25) is 0 Å². The van der Waals surface area contributed by atoms with Gasteiger partial charge in [0.15, 0.2) is 0 Å². The Morgan fingerprint density at radius 1 is 1.07 bits per heavy atom. The molecule has 0 saturated carbocycles. The van der Waals surface area contributed by atoms with Crippen molar-refractivity contribution in [3.8, 4) is 0 Å². The van der Waals surface area contributed by atoms with E-state index >= 15 is 0 Å². The number of aromatic nitrogens is 1. The number of amides is 2. The lowest BCUT2D eigenvalue weighted by molar-refractivity contribution is -0.149. The maximum atomic E-state index is 13.4. The standard InChI is InChI=1S/C22H20N4O3/c27-19-18-10-22(29)14-6-2-4-8-16(14)25-21(22)26(18)20(28)17(24-19)9-12-11-23-15-7-3-1-5-13(12)15/h1-8,11,17-18,21,23,25,29H,9-10H2,(H,24,27). The molecule has 0 spiro atoms. The molecule has 7 nitrogen and oxygen atoms in total. The maximum absolute atomic E-state index is 13.4. The molecule has 0 aliphatic carbocycles. The first-order valence-corrected chi connectivity index (χ1v) is 9.82. The van der Waals surface area contributed by atoms with Gasteiger partial charge in [0.05, 0.1) is 0 Å². The summed E-state index contributed by atoms with van der Waals surface area (Å²) in [5.41, 5.74) is 2.27. The number of piperazine rings is 1. The van der Waals surface area contributed by atoms with E-state index in [4.69, 9.17) is 0 Å². The van der Waals surface area contributed by atoms with Gasteiger partial charge in [0, 0.05) is 41.2 Å². The number of carbonyl (C=O) groups excluding carboxylic acids is 2. The van der Waals surface area contributed by atoms with Crippen LogP contribution in [0.1, 0.15) is 17.5 Å². The normalized spacial score (nSPS) is 30.0. The van der Waals surface area contributed by atoms with Gasteiger partial charge in [-0.05, 0) is 17.7 Å². The molecule has 146 valence electrons. The lowest BCUT2D eigenvalue weighted by atomic mass is 9.91. The summed E-state index contributed by atoms with van der Waals surface area (Å²) in [4.78, 5) is 31.0. The minimum atomic E-state index is -1.26. The average Bonchev–Trinajstić information content (AvgIpc) is 3.35. The second-order valence-corrected chi connectivity index (χ2v) is 8.11. The number of nitrogens with one attached hydrogen (secondary N) is 3. The molecule has 2 amide bonds. The molecule has 7 heteroatoms. The van der Waals surface area contributed by atoms with Gasteiger partial charge < -0.3 is 25.6 Å². The second-order valence-electron chi connectivity index (χ2n) is 8.11. The highest BCUT2D eigenvalue weighted by Crippen LogP contribution is 2.50. The van der Waals surface area contributed by atoms with Gasteiger partial charge in [-0.2, -0.15) is 0 Å². The number of hydrogen-bond donors (Lipinski definition) is 4. The van der Waals surface area contributed by atoms with Crippen molar-refractivity contribution in [3.63, 3.8) is 0 Å². The van der Waals surface area contributed by atoms with E-state index in [1.54, 1.807) is 4.90 Å². The Balaban J connectivity index is 1.34. The Morgan fingerprint density at radius 2 is 1.86 bits per heavy atom. The highest BCUT2D eigenvalue weighted by atomic mass is 16.3. The lowest BCUT2D eigenvalue weighted by Crippen LogP contribution is -2.64. The molecule has 6 rings (SSSR count). The molecule has 29 heavy (non-hydrogen) atoms. The number of aromatic amines is 1. The molecule has 2 aromatic carbocycles. The summed E-state index contributed by atoms with van der Waals surface area (Å²) in [5.74, 6) is -0.377. The van der Waals surface area contributed by atoms with Crippen LogP contribution >= 0.6 is 0 Å². The monoisotopic (exact) mass is 388 g/mol. The van der Waals surface area contributed by atoms with Gasteiger partial charge in [-0.3, -0.25) is 9.59 Å². The summed E-state index contributed by atoms with van der Waals surface area (Å²) >= 11 is 0. The van der Waals surface area contributed by atoms with Crippen LogP contribution in [-0.2, 0) is 21.6 Å². The zero-order valence-electron chi connectivity index (χ0n) is 15.6. The summed E-state index contributed by atoms with van der Waals surface area (Å²) in [5, 5.41) is 18.6. The quantitative estimate of drug-likeness (QED) is 0.534. The SMILES string of the molecule is O=C1NC(Cc2c[nH]c3ccccc23)C(=O)N2C1CC1(O)c3ccccc3NC21. The molecular weight excluding hydrogens is 368 g/mol. The second kappa shape index (κ2) is 5.61. The molecule has 0 bridgehead atoms. The van der Waals surface area contributed by atoms with Crippen molar-refractivity contribution in [2.45, 2.75) is 36.7 Å². The van der Waals surface area contributed by atoms with E-state index in [1.165, 1.54) is 0 Å². The van der Waals surface area contributed by atoms with Gasteiger partial charge in [0.1, 0.15) is 23.9 Å². The van der Waals surface area contributed by atoms with Gasteiger partial charge in [-0.25, -0.2) is 0 Å².